The van der Waals surface area contributed by atoms with Gasteiger partial charge < -0.3 is 0 Å². The van der Waals surface area contributed by atoms with Gasteiger partial charge in [0.1, 0.15) is 12.2 Å². The molecule has 1 amide bonds. The molecule has 0 unspecified atom stereocenters. The predicted molar refractivity (Wildman–Crippen MR) is 85.1 cm³/mol. The summed E-state index contributed by atoms with van der Waals surface area (Å²) in [6.07, 6.45) is -6.83. The first-order valence-corrected chi connectivity index (χ1v) is 7.90. The Balaban J connectivity index is 1.91. The highest BCUT2D eigenvalue weighted by Gasteiger charge is 2.34. The number of aryl methyl sites for hydroxylation is 1. The summed E-state index contributed by atoms with van der Waals surface area (Å²) in [5, 5.41) is 10.6. The Morgan fingerprint density at radius 3 is 2.54 bits per heavy atom. The molecule has 1 N–H and O–H groups in total. The van der Waals surface area contributed by atoms with Gasteiger partial charge in [0.25, 0.3) is 0 Å². The largest absolute Gasteiger partial charge is 0.435 e. The van der Waals surface area contributed by atoms with Crippen LogP contribution in [-0.4, -0.2) is 37.9 Å². The van der Waals surface area contributed by atoms with Crippen molar-refractivity contribution in [2.75, 3.05) is 0 Å². The van der Waals surface area contributed by atoms with Crippen molar-refractivity contribution in [2.24, 2.45) is 11.0 Å². The van der Waals surface area contributed by atoms with E-state index in [2.05, 4.69) is 20.7 Å². The topological polar surface area (TPSA) is 77.1 Å². The lowest BCUT2D eigenvalue weighted by Crippen LogP contribution is -2.28. The van der Waals surface area contributed by atoms with Crippen LogP contribution in [0.15, 0.2) is 23.4 Å². The number of hydrogen-bond donors (Lipinski definition) is 1. The van der Waals surface area contributed by atoms with E-state index in [0.717, 1.165) is 23.2 Å². The quantitative estimate of drug-likeness (QED) is 0.452. The Morgan fingerprint density at radius 1 is 1.29 bits per heavy atom. The third-order valence-electron chi connectivity index (χ3n) is 3.54. The van der Waals surface area contributed by atoms with E-state index in [1.54, 1.807) is 0 Å². The minimum atomic E-state index is -4.58. The molecular formula is C15H16F6N6O. The van der Waals surface area contributed by atoms with Gasteiger partial charge >= 0.3 is 12.4 Å². The summed E-state index contributed by atoms with van der Waals surface area (Å²) < 4.78 is 76.4. The van der Waals surface area contributed by atoms with Gasteiger partial charge in [-0.3, -0.25) is 14.2 Å². The summed E-state index contributed by atoms with van der Waals surface area (Å²) in [6, 6.07) is 2.15. The molecule has 7 nitrogen and oxygen atoms in total. The average molecular weight is 410 g/mol. The zero-order chi connectivity index (χ0) is 21.1. The maximum absolute atomic E-state index is 12.7. The summed E-state index contributed by atoms with van der Waals surface area (Å²) in [6.45, 7) is 1.54. The number of amides is 1. The van der Waals surface area contributed by atoms with E-state index in [9.17, 15) is 31.1 Å². The van der Waals surface area contributed by atoms with Crippen LogP contribution >= 0.6 is 0 Å². The zero-order valence-electron chi connectivity index (χ0n) is 14.7. The van der Waals surface area contributed by atoms with E-state index in [1.165, 1.54) is 19.9 Å². The Hall–Kier alpha value is -2.86. The number of carbonyl (C=O) groups excluding carboxylic acids is 1. The van der Waals surface area contributed by atoms with E-state index in [-0.39, 0.29) is 17.9 Å². The molecule has 0 saturated heterocycles. The Kier molecular flexibility index (Phi) is 6.14. The molecule has 0 saturated carbocycles. The Bertz CT molecular complexity index is 850. The normalized spacial score (nSPS) is 13.9. The van der Waals surface area contributed by atoms with Gasteiger partial charge in [0.05, 0.1) is 18.7 Å². The van der Waals surface area contributed by atoms with Crippen molar-refractivity contribution in [1.29, 1.82) is 0 Å². The summed E-state index contributed by atoms with van der Waals surface area (Å²) >= 11 is 0. The van der Waals surface area contributed by atoms with Crippen LogP contribution < -0.4 is 5.43 Å². The second kappa shape index (κ2) is 8.02. The molecule has 2 rings (SSSR count). The predicted octanol–water partition coefficient (Wildman–Crippen LogP) is 2.76. The fourth-order valence-corrected chi connectivity index (χ4v) is 2.17. The Morgan fingerprint density at radius 2 is 1.96 bits per heavy atom. The van der Waals surface area contributed by atoms with Crippen molar-refractivity contribution < 1.29 is 31.1 Å². The SMILES string of the molecule is Cc1cc(C(F)(F)F)nn1C[C@H](C)C(=O)N/N=C\c1ccn(CC(F)(F)F)n1. The smallest absolute Gasteiger partial charge is 0.273 e. The molecule has 2 aromatic rings. The fraction of sp³-hybridized carbons (Fsp3) is 0.467. The van der Waals surface area contributed by atoms with Gasteiger partial charge in [0.2, 0.25) is 5.91 Å². The van der Waals surface area contributed by atoms with Crippen LogP contribution in [0.25, 0.3) is 0 Å². The van der Waals surface area contributed by atoms with E-state index in [4.69, 9.17) is 0 Å². The molecule has 2 heterocycles. The minimum absolute atomic E-state index is 0.0925. The minimum Gasteiger partial charge on any atom is -0.273 e. The Labute approximate surface area is 155 Å². The maximum atomic E-state index is 12.7. The summed E-state index contributed by atoms with van der Waals surface area (Å²) in [4.78, 5) is 12.0. The summed E-state index contributed by atoms with van der Waals surface area (Å²) in [5.41, 5.74) is 1.44. The molecule has 28 heavy (non-hydrogen) atoms. The molecule has 154 valence electrons. The molecule has 0 aliphatic carbocycles. The van der Waals surface area contributed by atoms with Gasteiger partial charge in [0, 0.05) is 11.9 Å². The highest BCUT2D eigenvalue weighted by atomic mass is 19.4. The van der Waals surface area contributed by atoms with Gasteiger partial charge in [-0.1, -0.05) is 6.92 Å². The summed E-state index contributed by atoms with van der Waals surface area (Å²) in [5.74, 6) is -1.37. The van der Waals surface area contributed by atoms with Crippen LogP contribution in [0, 0.1) is 12.8 Å². The molecule has 1 atom stereocenters. The second-order valence-electron chi connectivity index (χ2n) is 6.04. The van der Waals surface area contributed by atoms with Gasteiger partial charge in [-0.2, -0.15) is 41.6 Å². The van der Waals surface area contributed by atoms with Crippen LogP contribution in [0.2, 0.25) is 0 Å². The first kappa shape index (κ1) is 21.4. The lowest BCUT2D eigenvalue weighted by Gasteiger charge is -2.11. The van der Waals surface area contributed by atoms with Gasteiger partial charge in [-0.15, -0.1) is 0 Å². The number of carbonyl (C=O) groups is 1. The molecule has 0 aliphatic heterocycles. The number of halogens is 6. The maximum Gasteiger partial charge on any atom is 0.435 e. The second-order valence-corrected chi connectivity index (χ2v) is 6.04. The molecule has 0 fully saturated rings. The van der Waals surface area contributed by atoms with Crippen LogP contribution in [0.3, 0.4) is 0 Å². The van der Waals surface area contributed by atoms with Crippen LogP contribution in [0.1, 0.15) is 24.0 Å². The highest BCUT2D eigenvalue weighted by molar-refractivity contribution is 5.81. The van der Waals surface area contributed by atoms with Crippen molar-refractivity contribution in [2.45, 2.75) is 39.3 Å². The molecule has 2 aromatic heterocycles. The van der Waals surface area contributed by atoms with Crippen LogP contribution in [-0.2, 0) is 24.1 Å². The number of hydrazone groups is 1. The molecule has 0 radical (unpaired) electrons. The number of nitrogens with zero attached hydrogens (tertiary/aromatic N) is 5. The molecule has 0 spiro atoms. The molecule has 13 heteroatoms. The number of aromatic nitrogens is 4. The lowest BCUT2D eigenvalue weighted by molar-refractivity contribution is -0.143. The summed E-state index contributed by atoms with van der Waals surface area (Å²) in [7, 11) is 0. The first-order valence-electron chi connectivity index (χ1n) is 7.90. The number of nitrogens with one attached hydrogen (secondary N) is 1. The molecular weight excluding hydrogens is 394 g/mol. The molecule has 0 aliphatic rings. The van der Waals surface area contributed by atoms with Crippen molar-refractivity contribution in [3.63, 3.8) is 0 Å². The third-order valence-corrected chi connectivity index (χ3v) is 3.54. The fourth-order valence-electron chi connectivity index (χ4n) is 2.17. The molecule has 0 aromatic carbocycles. The number of rotatable bonds is 6. The zero-order valence-corrected chi connectivity index (χ0v) is 14.7. The highest BCUT2D eigenvalue weighted by Crippen LogP contribution is 2.28. The first-order chi connectivity index (χ1) is 12.8. The van der Waals surface area contributed by atoms with Crippen molar-refractivity contribution in [3.05, 3.63) is 35.4 Å². The van der Waals surface area contributed by atoms with E-state index in [0.29, 0.717) is 4.68 Å². The van der Waals surface area contributed by atoms with Gasteiger partial charge in [-0.05, 0) is 19.1 Å². The van der Waals surface area contributed by atoms with Crippen LogP contribution in [0.5, 0.6) is 0 Å². The van der Waals surface area contributed by atoms with Crippen molar-refractivity contribution >= 4 is 12.1 Å². The number of alkyl halides is 6. The molecule has 0 bridgehead atoms. The number of hydrogen-bond acceptors (Lipinski definition) is 4. The standard InChI is InChI=1S/C15H16F6N6O/c1-9(7-27-10(2)5-12(25-27)15(19,20)21)13(28)23-22-6-11-3-4-26(24-11)8-14(16,17)18/h3-6,9H,7-8H2,1-2H3,(H,23,28)/b22-6-/t9-/m0/s1. The van der Waals surface area contributed by atoms with E-state index >= 15 is 0 Å². The lowest BCUT2D eigenvalue weighted by atomic mass is 10.2. The third kappa shape index (κ3) is 6.09. The van der Waals surface area contributed by atoms with E-state index < -0.39 is 36.4 Å². The van der Waals surface area contributed by atoms with E-state index in [1.807, 2.05) is 0 Å². The average Bonchev–Trinajstić information content (AvgIpc) is 3.12. The monoisotopic (exact) mass is 410 g/mol. The van der Waals surface area contributed by atoms with Crippen LogP contribution in [0.4, 0.5) is 26.3 Å². The van der Waals surface area contributed by atoms with Gasteiger partial charge in [0.15, 0.2) is 5.69 Å². The van der Waals surface area contributed by atoms with Crippen molar-refractivity contribution in [3.8, 4) is 0 Å². The van der Waals surface area contributed by atoms with Gasteiger partial charge in [-0.25, -0.2) is 5.43 Å². The van der Waals surface area contributed by atoms with Crippen molar-refractivity contribution in [1.82, 2.24) is 25.0 Å².